The number of alkyl carbamates (subject to hydrolysis) is 1. The van der Waals surface area contributed by atoms with E-state index in [1.54, 1.807) is 45.0 Å². The summed E-state index contributed by atoms with van der Waals surface area (Å²) in [5.41, 5.74) is 0.0962. The number of rotatable bonds is 4. The van der Waals surface area contributed by atoms with E-state index < -0.39 is 17.7 Å². The van der Waals surface area contributed by atoms with E-state index in [0.29, 0.717) is 10.6 Å². The number of amides is 1. The third kappa shape index (κ3) is 6.81. The Bertz CT molecular complexity index is 544. The molecule has 0 radical (unpaired) electrons. The number of benzene rings is 1. The van der Waals surface area contributed by atoms with E-state index >= 15 is 0 Å². The topological polar surface area (TPSA) is 75.6 Å². The van der Waals surface area contributed by atoms with Crippen LogP contribution < -0.4 is 5.32 Å². The number of carbonyl (C=O) groups excluding carboxylic acids is 1. The third-order valence-electron chi connectivity index (χ3n) is 2.31. The molecule has 114 valence electrons. The summed E-state index contributed by atoms with van der Waals surface area (Å²) >= 11 is 5.76. The molecule has 0 aliphatic rings. The third-order valence-corrected chi connectivity index (χ3v) is 2.56. The fourth-order valence-electron chi connectivity index (χ4n) is 1.43. The van der Waals surface area contributed by atoms with Crippen LogP contribution in [0.2, 0.25) is 5.02 Å². The van der Waals surface area contributed by atoms with Crippen LogP contribution >= 0.6 is 11.6 Å². The van der Waals surface area contributed by atoms with Crippen LogP contribution in [0.1, 0.15) is 26.3 Å². The smallest absolute Gasteiger partial charge is 0.407 e. The lowest BCUT2D eigenvalue weighted by atomic mass is 10.1. The molecular formula is C15H18ClNO4. The van der Waals surface area contributed by atoms with Gasteiger partial charge in [-0.05, 0) is 44.5 Å². The fourth-order valence-corrected chi connectivity index (χ4v) is 1.56. The molecule has 1 aromatic rings. The molecule has 0 heterocycles. The SMILES string of the molecule is CC(C)(C)OC(=O)NCC(=Cc1ccc(Cl)cc1)C(=O)O. The van der Waals surface area contributed by atoms with Gasteiger partial charge < -0.3 is 15.2 Å². The lowest BCUT2D eigenvalue weighted by Crippen LogP contribution is -2.34. The van der Waals surface area contributed by atoms with Crippen molar-refractivity contribution in [2.24, 2.45) is 0 Å². The number of halogens is 1. The van der Waals surface area contributed by atoms with Crippen LogP contribution in [-0.4, -0.2) is 29.3 Å². The molecule has 21 heavy (non-hydrogen) atoms. The number of nitrogens with one attached hydrogen (secondary N) is 1. The van der Waals surface area contributed by atoms with E-state index in [1.807, 2.05) is 0 Å². The Morgan fingerprint density at radius 2 is 1.86 bits per heavy atom. The van der Waals surface area contributed by atoms with Gasteiger partial charge in [0.2, 0.25) is 0 Å². The normalized spacial score (nSPS) is 11.9. The highest BCUT2D eigenvalue weighted by Gasteiger charge is 2.17. The number of hydrogen-bond acceptors (Lipinski definition) is 3. The van der Waals surface area contributed by atoms with Crippen molar-refractivity contribution in [3.8, 4) is 0 Å². The molecule has 0 atom stereocenters. The summed E-state index contributed by atoms with van der Waals surface area (Å²) in [7, 11) is 0. The van der Waals surface area contributed by atoms with Crippen molar-refractivity contribution < 1.29 is 19.4 Å². The van der Waals surface area contributed by atoms with E-state index in [4.69, 9.17) is 21.4 Å². The van der Waals surface area contributed by atoms with Crippen LogP contribution in [0.5, 0.6) is 0 Å². The van der Waals surface area contributed by atoms with Gasteiger partial charge in [-0.2, -0.15) is 0 Å². The van der Waals surface area contributed by atoms with E-state index in [-0.39, 0.29) is 12.1 Å². The molecule has 1 amide bonds. The summed E-state index contributed by atoms with van der Waals surface area (Å²) in [6.45, 7) is 5.06. The first-order valence-corrected chi connectivity index (χ1v) is 6.71. The minimum Gasteiger partial charge on any atom is -0.478 e. The number of aliphatic carboxylic acids is 1. The van der Waals surface area contributed by atoms with Crippen molar-refractivity contribution in [2.75, 3.05) is 6.54 Å². The monoisotopic (exact) mass is 311 g/mol. The zero-order chi connectivity index (χ0) is 16.0. The van der Waals surface area contributed by atoms with Gasteiger partial charge >= 0.3 is 12.1 Å². The minimum absolute atomic E-state index is 0.0446. The highest BCUT2D eigenvalue weighted by atomic mass is 35.5. The second kappa shape index (κ2) is 7.13. The molecule has 5 nitrogen and oxygen atoms in total. The average Bonchev–Trinajstić information content (AvgIpc) is 2.34. The number of carboxylic acid groups (broad SMARTS) is 1. The number of ether oxygens (including phenoxy) is 1. The van der Waals surface area contributed by atoms with Gasteiger partial charge in [0.1, 0.15) is 5.60 Å². The average molecular weight is 312 g/mol. The van der Waals surface area contributed by atoms with E-state index in [9.17, 15) is 9.59 Å². The maximum absolute atomic E-state index is 11.5. The van der Waals surface area contributed by atoms with Gasteiger partial charge in [-0.3, -0.25) is 0 Å². The lowest BCUT2D eigenvalue weighted by Gasteiger charge is -2.19. The Morgan fingerprint density at radius 3 is 2.33 bits per heavy atom. The number of hydrogen-bond donors (Lipinski definition) is 2. The van der Waals surface area contributed by atoms with Crippen molar-refractivity contribution in [3.63, 3.8) is 0 Å². The number of carbonyl (C=O) groups is 2. The zero-order valence-corrected chi connectivity index (χ0v) is 12.9. The zero-order valence-electron chi connectivity index (χ0n) is 12.1. The molecule has 0 aromatic heterocycles. The predicted molar refractivity (Wildman–Crippen MR) is 81.3 cm³/mol. The summed E-state index contributed by atoms with van der Waals surface area (Å²) in [5.74, 6) is -1.11. The first-order chi connectivity index (χ1) is 9.67. The minimum atomic E-state index is -1.11. The molecule has 0 saturated heterocycles. The van der Waals surface area contributed by atoms with Crippen molar-refractivity contribution in [3.05, 3.63) is 40.4 Å². The van der Waals surface area contributed by atoms with Gasteiger partial charge in [0, 0.05) is 5.02 Å². The molecule has 6 heteroatoms. The maximum Gasteiger partial charge on any atom is 0.407 e. The van der Waals surface area contributed by atoms with Gasteiger partial charge in [-0.1, -0.05) is 23.7 Å². The largest absolute Gasteiger partial charge is 0.478 e. The van der Waals surface area contributed by atoms with Crippen LogP contribution in [0.4, 0.5) is 4.79 Å². The molecular weight excluding hydrogens is 294 g/mol. The van der Waals surface area contributed by atoms with Crippen molar-refractivity contribution in [2.45, 2.75) is 26.4 Å². The highest BCUT2D eigenvalue weighted by molar-refractivity contribution is 6.30. The Labute approximate surface area is 128 Å². The molecule has 0 fully saturated rings. The molecule has 0 unspecified atom stereocenters. The van der Waals surface area contributed by atoms with Gasteiger partial charge in [-0.15, -0.1) is 0 Å². The summed E-state index contributed by atoms with van der Waals surface area (Å²) in [6, 6.07) is 6.71. The summed E-state index contributed by atoms with van der Waals surface area (Å²) in [5, 5.41) is 12.1. The molecule has 0 aliphatic heterocycles. The van der Waals surface area contributed by atoms with Crippen LogP contribution in [0, 0.1) is 0 Å². The van der Waals surface area contributed by atoms with Crippen LogP contribution in [0.3, 0.4) is 0 Å². The maximum atomic E-state index is 11.5. The summed E-state index contributed by atoms with van der Waals surface area (Å²) in [4.78, 5) is 22.7. The summed E-state index contributed by atoms with van der Waals surface area (Å²) in [6.07, 6.45) is 0.807. The highest BCUT2D eigenvalue weighted by Crippen LogP contribution is 2.13. The Kier molecular flexibility index (Phi) is 5.79. The molecule has 0 saturated carbocycles. The predicted octanol–water partition coefficient (Wildman–Crippen LogP) is 3.33. The van der Waals surface area contributed by atoms with Crippen LogP contribution in [0.15, 0.2) is 29.8 Å². The first kappa shape index (κ1) is 17.0. The van der Waals surface area contributed by atoms with E-state index in [0.717, 1.165) is 0 Å². The van der Waals surface area contributed by atoms with Gasteiger partial charge in [-0.25, -0.2) is 9.59 Å². The Balaban J connectivity index is 2.73. The lowest BCUT2D eigenvalue weighted by molar-refractivity contribution is -0.132. The van der Waals surface area contributed by atoms with Crippen molar-refractivity contribution in [1.82, 2.24) is 5.32 Å². The van der Waals surface area contributed by atoms with Gasteiger partial charge in [0.05, 0.1) is 12.1 Å². The van der Waals surface area contributed by atoms with Crippen LogP contribution in [-0.2, 0) is 9.53 Å². The molecule has 0 spiro atoms. The second-order valence-corrected chi connectivity index (χ2v) is 5.82. The standard InChI is InChI=1S/C15H18ClNO4/c1-15(2,3)21-14(20)17-9-11(13(18)19)8-10-4-6-12(16)7-5-10/h4-8H,9H2,1-3H3,(H,17,20)(H,18,19). The Morgan fingerprint density at radius 1 is 1.29 bits per heavy atom. The number of carboxylic acids is 1. The van der Waals surface area contributed by atoms with Crippen molar-refractivity contribution in [1.29, 1.82) is 0 Å². The molecule has 1 rings (SSSR count). The second-order valence-electron chi connectivity index (χ2n) is 5.38. The Hall–Kier alpha value is -2.01. The quantitative estimate of drug-likeness (QED) is 0.836. The molecule has 0 aliphatic carbocycles. The molecule has 2 N–H and O–H groups in total. The van der Waals surface area contributed by atoms with Gasteiger partial charge in [0.25, 0.3) is 0 Å². The first-order valence-electron chi connectivity index (χ1n) is 6.33. The van der Waals surface area contributed by atoms with E-state index in [2.05, 4.69) is 5.32 Å². The summed E-state index contributed by atoms with van der Waals surface area (Å²) < 4.78 is 5.05. The molecule has 1 aromatic carbocycles. The van der Waals surface area contributed by atoms with Crippen LogP contribution in [0.25, 0.3) is 6.08 Å². The molecule has 0 bridgehead atoms. The fraction of sp³-hybridized carbons (Fsp3) is 0.333. The van der Waals surface area contributed by atoms with E-state index in [1.165, 1.54) is 6.08 Å². The van der Waals surface area contributed by atoms with Gasteiger partial charge in [0.15, 0.2) is 0 Å². The van der Waals surface area contributed by atoms with Crippen molar-refractivity contribution >= 4 is 29.7 Å².